The second-order valence-electron chi connectivity index (χ2n) is 4.91. The van der Waals surface area contributed by atoms with Crippen LogP contribution >= 0.6 is 11.6 Å². The average molecular weight is 305 g/mol. The van der Waals surface area contributed by atoms with E-state index < -0.39 is 5.97 Å². The van der Waals surface area contributed by atoms with E-state index in [1.165, 1.54) is 0 Å². The van der Waals surface area contributed by atoms with Crippen molar-refractivity contribution in [2.45, 2.75) is 26.5 Å². The molecule has 2 rings (SSSR count). The van der Waals surface area contributed by atoms with E-state index in [1.807, 2.05) is 32.0 Å². The summed E-state index contributed by atoms with van der Waals surface area (Å²) in [6.45, 7) is 4.21. The largest absolute Gasteiger partial charge is 0.456 e. The molecule has 0 saturated heterocycles. The molecule has 0 radical (unpaired) electrons. The molecule has 0 fully saturated rings. The van der Waals surface area contributed by atoms with Crippen molar-refractivity contribution in [1.82, 2.24) is 4.98 Å². The zero-order chi connectivity index (χ0) is 15.2. The van der Waals surface area contributed by atoms with Gasteiger partial charge in [0.2, 0.25) is 0 Å². The topological polar surface area (TPSA) is 51.2 Å². The van der Waals surface area contributed by atoms with E-state index in [2.05, 4.69) is 10.3 Å². The molecule has 0 saturated carbocycles. The van der Waals surface area contributed by atoms with Crippen LogP contribution in [0.3, 0.4) is 0 Å². The standard InChI is InChI=1S/C16H17ClN2O2/c1-11(2)18-15-5-3-4-14(19-15)16(20)21-10-12-6-8-13(17)9-7-12/h3-9,11H,10H2,1-2H3,(H,18,19). The number of carbonyl (C=O) groups is 1. The fourth-order valence-corrected chi connectivity index (χ4v) is 1.85. The third-order valence-electron chi connectivity index (χ3n) is 2.68. The Morgan fingerprint density at radius 2 is 1.95 bits per heavy atom. The van der Waals surface area contributed by atoms with Gasteiger partial charge in [-0.05, 0) is 43.7 Å². The second kappa shape index (κ2) is 7.09. The monoisotopic (exact) mass is 304 g/mol. The Labute approximate surface area is 129 Å². The summed E-state index contributed by atoms with van der Waals surface area (Å²) in [5, 5.41) is 3.80. The highest BCUT2D eigenvalue weighted by Crippen LogP contribution is 2.12. The third-order valence-corrected chi connectivity index (χ3v) is 2.93. The predicted molar refractivity (Wildman–Crippen MR) is 83.6 cm³/mol. The molecule has 1 aromatic heterocycles. The van der Waals surface area contributed by atoms with Gasteiger partial charge in [0.05, 0.1) is 0 Å². The quantitative estimate of drug-likeness (QED) is 0.851. The molecule has 0 aliphatic heterocycles. The number of hydrogen-bond acceptors (Lipinski definition) is 4. The van der Waals surface area contributed by atoms with Crippen molar-refractivity contribution >= 4 is 23.4 Å². The molecule has 0 atom stereocenters. The normalized spacial score (nSPS) is 10.5. The molecule has 0 spiro atoms. The van der Waals surface area contributed by atoms with Crippen LogP contribution in [0.5, 0.6) is 0 Å². The van der Waals surface area contributed by atoms with Crippen LogP contribution in [-0.2, 0) is 11.3 Å². The van der Waals surface area contributed by atoms with E-state index in [1.54, 1.807) is 24.3 Å². The Bertz CT molecular complexity index is 612. The van der Waals surface area contributed by atoms with Gasteiger partial charge < -0.3 is 10.1 Å². The van der Waals surface area contributed by atoms with Crippen molar-refractivity contribution in [1.29, 1.82) is 0 Å². The van der Waals surface area contributed by atoms with Gasteiger partial charge in [0.25, 0.3) is 0 Å². The Kier molecular flexibility index (Phi) is 5.17. The van der Waals surface area contributed by atoms with Crippen LogP contribution < -0.4 is 5.32 Å². The predicted octanol–water partition coefficient (Wildman–Crippen LogP) is 3.91. The van der Waals surface area contributed by atoms with E-state index in [-0.39, 0.29) is 18.3 Å². The van der Waals surface area contributed by atoms with Crippen LogP contribution in [0.2, 0.25) is 5.02 Å². The van der Waals surface area contributed by atoms with Crippen LogP contribution in [0.15, 0.2) is 42.5 Å². The number of benzene rings is 1. The lowest BCUT2D eigenvalue weighted by Crippen LogP contribution is -2.13. The summed E-state index contributed by atoms with van der Waals surface area (Å²) < 4.78 is 5.24. The minimum atomic E-state index is -0.447. The SMILES string of the molecule is CC(C)Nc1cccc(C(=O)OCc2ccc(Cl)cc2)n1. The highest BCUT2D eigenvalue weighted by atomic mass is 35.5. The van der Waals surface area contributed by atoms with Gasteiger partial charge in [-0.15, -0.1) is 0 Å². The Balaban J connectivity index is 1.98. The average Bonchev–Trinajstić information content (AvgIpc) is 2.46. The van der Waals surface area contributed by atoms with Crippen LogP contribution in [0, 0.1) is 0 Å². The van der Waals surface area contributed by atoms with Gasteiger partial charge in [0, 0.05) is 11.1 Å². The lowest BCUT2D eigenvalue weighted by atomic mass is 10.2. The number of ether oxygens (including phenoxy) is 1. The van der Waals surface area contributed by atoms with Crippen molar-refractivity contribution in [2.24, 2.45) is 0 Å². The van der Waals surface area contributed by atoms with Gasteiger partial charge in [0.15, 0.2) is 5.69 Å². The molecule has 0 bridgehead atoms. The van der Waals surface area contributed by atoms with E-state index in [0.29, 0.717) is 10.8 Å². The second-order valence-corrected chi connectivity index (χ2v) is 5.35. The molecule has 0 amide bonds. The van der Waals surface area contributed by atoms with Crippen molar-refractivity contribution in [3.63, 3.8) is 0 Å². The van der Waals surface area contributed by atoms with E-state index in [0.717, 1.165) is 5.56 Å². The fraction of sp³-hybridized carbons (Fsp3) is 0.250. The van der Waals surface area contributed by atoms with Gasteiger partial charge in [-0.25, -0.2) is 9.78 Å². The van der Waals surface area contributed by atoms with Crippen molar-refractivity contribution in [2.75, 3.05) is 5.32 Å². The van der Waals surface area contributed by atoms with Gasteiger partial charge in [-0.3, -0.25) is 0 Å². The maximum atomic E-state index is 12.0. The third kappa shape index (κ3) is 4.76. The molecular weight excluding hydrogens is 288 g/mol. The summed E-state index contributed by atoms with van der Waals surface area (Å²) in [5.74, 6) is 0.211. The molecule has 0 aliphatic rings. The van der Waals surface area contributed by atoms with Gasteiger partial charge in [0.1, 0.15) is 12.4 Å². The van der Waals surface area contributed by atoms with Crippen molar-refractivity contribution in [3.8, 4) is 0 Å². The smallest absolute Gasteiger partial charge is 0.357 e. The molecule has 21 heavy (non-hydrogen) atoms. The molecule has 5 heteroatoms. The van der Waals surface area contributed by atoms with E-state index in [4.69, 9.17) is 16.3 Å². The Morgan fingerprint density at radius 1 is 1.24 bits per heavy atom. The van der Waals surface area contributed by atoms with Gasteiger partial charge in [-0.1, -0.05) is 29.8 Å². The van der Waals surface area contributed by atoms with Crippen LogP contribution in [-0.4, -0.2) is 17.0 Å². The molecule has 2 aromatic rings. The number of halogens is 1. The van der Waals surface area contributed by atoms with Crippen molar-refractivity contribution < 1.29 is 9.53 Å². The number of pyridine rings is 1. The molecule has 4 nitrogen and oxygen atoms in total. The highest BCUT2D eigenvalue weighted by molar-refractivity contribution is 6.30. The number of hydrogen-bond donors (Lipinski definition) is 1. The Hall–Kier alpha value is -2.07. The molecule has 110 valence electrons. The summed E-state index contributed by atoms with van der Waals surface area (Å²) in [4.78, 5) is 16.2. The molecule has 1 heterocycles. The number of esters is 1. The lowest BCUT2D eigenvalue weighted by molar-refractivity contribution is 0.0466. The summed E-state index contributed by atoms with van der Waals surface area (Å²) >= 11 is 5.80. The maximum Gasteiger partial charge on any atom is 0.357 e. The maximum absolute atomic E-state index is 12.0. The first kappa shape index (κ1) is 15.3. The zero-order valence-electron chi connectivity index (χ0n) is 12.0. The minimum Gasteiger partial charge on any atom is -0.456 e. The summed E-state index contributed by atoms with van der Waals surface area (Å²) in [7, 11) is 0. The number of nitrogens with zero attached hydrogens (tertiary/aromatic N) is 1. The Morgan fingerprint density at radius 3 is 2.62 bits per heavy atom. The molecule has 1 aromatic carbocycles. The first-order valence-electron chi connectivity index (χ1n) is 6.70. The number of nitrogens with one attached hydrogen (secondary N) is 1. The summed E-state index contributed by atoms with van der Waals surface area (Å²) in [6, 6.07) is 12.6. The lowest BCUT2D eigenvalue weighted by Gasteiger charge is -2.10. The number of anilines is 1. The molecule has 0 unspecified atom stereocenters. The molecule has 0 aliphatic carbocycles. The van der Waals surface area contributed by atoms with Crippen LogP contribution in [0.1, 0.15) is 29.9 Å². The summed E-state index contributed by atoms with van der Waals surface area (Å²) in [6.07, 6.45) is 0. The number of rotatable bonds is 5. The van der Waals surface area contributed by atoms with Gasteiger partial charge in [-0.2, -0.15) is 0 Å². The van der Waals surface area contributed by atoms with Crippen LogP contribution in [0.25, 0.3) is 0 Å². The number of carbonyl (C=O) groups excluding carboxylic acids is 1. The number of aromatic nitrogens is 1. The molecule has 1 N–H and O–H groups in total. The zero-order valence-corrected chi connectivity index (χ0v) is 12.7. The highest BCUT2D eigenvalue weighted by Gasteiger charge is 2.10. The first-order valence-corrected chi connectivity index (χ1v) is 7.07. The van der Waals surface area contributed by atoms with E-state index in [9.17, 15) is 4.79 Å². The van der Waals surface area contributed by atoms with Gasteiger partial charge >= 0.3 is 5.97 Å². The van der Waals surface area contributed by atoms with E-state index >= 15 is 0 Å². The fourth-order valence-electron chi connectivity index (χ4n) is 1.73. The van der Waals surface area contributed by atoms with Crippen LogP contribution in [0.4, 0.5) is 5.82 Å². The minimum absolute atomic E-state index is 0.194. The first-order chi connectivity index (χ1) is 10.0. The summed E-state index contributed by atoms with van der Waals surface area (Å²) in [5.41, 5.74) is 1.17. The van der Waals surface area contributed by atoms with Crippen molar-refractivity contribution in [3.05, 3.63) is 58.7 Å². The molecular formula is C16H17ClN2O2.